The molecule has 200 valence electrons. The highest BCUT2D eigenvalue weighted by molar-refractivity contribution is 5.91. The largest absolute Gasteiger partial charge is 0.493 e. The third-order valence-electron chi connectivity index (χ3n) is 6.97. The Kier molecular flexibility index (Phi) is 6.75. The molecule has 5 rings (SSSR count). The van der Waals surface area contributed by atoms with Crippen molar-refractivity contribution in [1.29, 1.82) is 0 Å². The van der Waals surface area contributed by atoms with Gasteiger partial charge < -0.3 is 37.9 Å². The fraction of sp³-hybridized carbons (Fsp3) is 0.370. The molecular weight excluding hydrogens is 500 g/mol. The number of fused-ring (bicyclic) bond motifs is 3. The molecule has 2 aliphatic heterocycles. The quantitative estimate of drug-likeness (QED) is 0.300. The summed E-state index contributed by atoms with van der Waals surface area (Å²) in [6, 6.07) is 7.12. The van der Waals surface area contributed by atoms with Gasteiger partial charge in [0.15, 0.2) is 23.0 Å². The van der Waals surface area contributed by atoms with Gasteiger partial charge in [0.05, 0.1) is 41.0 Å². The van der Waals surface area contributed by atoms with E-state index in [4.69, 9.17) is 33.2 Å². The second-order valence-corrected chi connectivity index (χ2v) is 8.80. The van der Waals surface area contributed by atoms with E-state index in [0.29, 0.717) is 45.4 Å². The van der Waals surface area contributed by atoms with E-state index in [1.807, 2.05) is 0 Å². The predicted octanol–water partition coefficient (Wildman–Crippen LogP) is 2.69. The highest BCUT2D eigenvalue weighted by atomic mass is 16.7. The second-order valence-electron chi connectivity index (χ2n) is 8.80. The maximum Gasteiger partial charge on any atom is 0.331 e. The zero-order chi connectivity index (χ0) is 27.0. The standard InChI is InChI=1S/C27H26O11/c1-31-19-7-13(8-20(32-2)26(19)34-4)23-14-9-17-18(37-12-36-17)10-15(14)25(16-11-35-27(30)24(16)23)38-22(29)6-5-21(28)33-3/h5-10,16,23-25H,11-12H2,1-4H3/b6-5+/t16-,23+,24+,25-/m0/s1. The number of methoxy groups -OCH3 is 4. The lowest BCUT2D eigenvalue weighted by atomic mass is 9.66. The Labute approximate surface area is 218 Å². The van der Waals surface area contributed by atoms with Crippen molar-refractivity contribution < 1.29 is 52.3 Å². The molecule has 1 aliphatic carbocycles. The van der Waals surface area contributed by atoms with Gasteiger partial charge >= 0.3 is 17.9 Å². The van der Waals surface area contributed by atoms with E-state index in [9.17, 15) is 14.4 Å². The topological polar surface area (TPSA) is 125 Å². The molecule has 2 aromatic carbocycles. The molecule has 0 bridgehead atoms. The molecule has 11 nitrogen and oxygen atoms in total. The molecule has 0 radical (unpaired) electrons. The normalized spacial score (nSPS) is 22.8. The van der Waals surface area contributed by atoms with Crippen molar-refractivity contribution >= 4 is 17.9 Å². The van der Waals surface area contributed by atoms with Gasteiger partial charge in [-0.1, -0.05) is 0 Å². The molecule has 3 aliphatic rings. The smallest absolute Gasteiger partial charge is 0.331 e. The third kappa shape index (κ3) is 4.23. The van der Waals surface area contributed by atoms with E-state index in [-0.39, 0.29) is 13.4 Å². The number of carbonyl (C=O) groups is 3. The van der Waals surface area contributed by atoms with E-state index < -0.39 is 41.8 Å². The Hall–Kier alpha value is -4.41. The average Bonchev–Trinajstić information content (AvgIpc) is 3.55. The Bertz CT molecular complexity index is 1290. The first-order valence-electron chi connectivity index (χ1n) is 11.8. The predicted molar refractivity (Wildman–Crippen MR) is 128 cm³/mol. The number of cyclic esters (lactones) is 1. The van der Waals surface area contributed by atoms with Crippen LogP contribution in [0, 0.1) is 11.8 Å². The van der Waals surface area contributed by atoms with Crippen LogP contribution >= 0.6 is 0 Å². The summed E-state index contributed by atoms with van der Waals surface area (Å²) in [7, 11) is 5.73. The van der Waals surface area contributed by atoms with Crippen LogP contribution in [0.1, 0.15) is 28.7 Å². The highest BCUT2D eigenvalue weighted by Gasteiger charge is 2.54. The van der Waals surface area contributed by atoms with Crippen molar-refractivity contribution in [2.45, 2.75) is 12.0 Å². The molecule has 0 unspecified atom stereocenters. The minimum atomic E-state index is -0.857. The molecular formula is C27H26O11. The molecule has 0 N–H and O–H groups in total. The Morgan fingerprint density at radius 1 is 0.842 bits per heavy atom. The van der Waals surface area contributed by atoms with Crippen molar-refractivity contribution in [3.8, 4) is 28.7 Å². The van der Waals surface area contributed by atoms with Crippen molar-refractivity contribution in [2.75, 3.05) is 41.8 Å². The number of esters is 3. The molecule has 2 heterocycles. The van der Waals surface area contributed by atoms with Gasteiger partial charge in [0.1, 0.15) is 6.10 Å². The summed E-state index contributed by atoms with van der Waals surface area (Å²) in [6.45, 7) is 0.0747. The molecule has 11 heteroatoms. The lowest BCUT2D eigenvalue weighted by Gasteiger charge is -2.38. The summed E-state index contributed by atoms with van der Waals surface area (Å²) in [6.07, 6.45) is 1.10. The van der Waals surface area contributed by atoms with Crippen LogP contribution in [-0.4, -0.2) is 59.7 Å². The third-order valence-corrected chi connectivity index (χ3v) is 6.97. The zero-order valence-corrected chi connectivity index (χ0v) is 21.2. The summed E-state index contributed by atoms with van der Waals surface area (Å²) in [5.74, 6) is -1.39. The summed E-state index contributed by atoms with van der Waals surface area (Å²) in [5, 5.41) is 0. The van der Waals surface area contributed by atoms with Crippen LogP contribution in [0.25, 0.3) is 0 Å². The minimum Gasteiger partial charge on any atom is -0.493 e. The van der Waals surface area contributed by atoms with E-state index >= 15 is 0 Å². The molecule has 0 amide bonds. The van der Waals surface area contributed by atoms with Crippen LogP contribution in [0.15, 0.2) is 36.4 Å². The first-order chi connectivity index (χ1) is 18.4. The molecule has 1 fully saturated rings. The average molecular weight is 526 g/mol. The van der Waals surface area contributed by atoms with Gasteiger partial charge in [0.25, 0.3) is 0 Å². The summed E-state index contributed by atoms with van der Waals surface area (Å²) in [4.78, 5) is 37.3. The lowest BCUT2D eigenvalue weighted by molar-refractivity contribution is -0.149. The number of ether oxygens (including phenoxy) is 8. The Morgan fingerprint density at radius 2 is 1.47 bits per heavy atom. The molecule has 1 saturated heterocycles. The first kappa shape index (κ1) is 25.2. The van der Waals surface area contributed by atoms with Crippen LogP contribution in [0.5, 0.6) is 28.7 Å². The van der Waals surface area contributed by atoms with Crippen LogP contribution < -0.4 is 23.7 Å². The number of rotatable bonds is 7. The van der Waals surface area contributed by atoms with Crippen LogP contribution in [0.4, 0.5) is 0 Å². The molecule has 0 spiro atoms. The summed E-state index contributed by atoms with van der Waals surface area (Å²) >= 11 is 0. The van der Waals surface area contributed by atoms with Gasteiger partial charge in [-0.3, -0.25) is 4.79 Å². The van der Waals surface area contributed by atoms with Gasteiger partial charge in [-0.25, -0.2) is 9.59 Å². The number of benzene rings is 2. The fourth-order valence-corrected chi connectivity index (χ4v) is 5.31. The van der Waals surface area contributed by atoms with Crippen molar-refractivity contribution in [2.24, 2.45) is 11.8 Å². The van der Waals surface area contributed by atoms with Gasteiger partial charge in [-0.2, -0.15) is 0 Å². The highest BCUT2D eigenvalue weighted by Crippen LogP contribution is 2.56. The van der Waals surface area contributed by atoms with Gasteiger partial charge in [-0.05, 0) is 35.4 Å². The maximum absolute atomic E-state index is 13.2. The first-order valence-corrected chi connectivity index (χ1v) is 11.8. The van der Waals surface area contributed by atoms with E-state index in [0.717, 1.165) is 12.2 Å². The number of hydrogen-bond donors (Lipinski definition) is 0. The molecule has 0 saturated carbocycles. The molecule has 2 aromatic rings. The summed E-state index contributed by atoms with van der Waals surface area (Å²) < 4.78 is 43.7. The van der Waals surface area contributed by atoms with E-state index in [2.05, 4.69) is 4.74 Å². The Balaban J connectivity index is 1.66. The second kappa shape index (κ2) is 10.2. The molecule has 38 heavy (non-hydrogen) atoms. The van der Waals surface area contributed by atoms with Gasteiger partial charge in [0.2, 0.25) is 12.5 Å². The van der Waals surface area contributed by atoms with Gasteiger partial charge in [-0.15, -0.1) is 0 Å². The molecule has 0 aromatic heterocycles. The monoisotopic (exact) mass is 526 g/mol. The van der Waals surface area contributed by atoms with E-state index in [1.54, 1.807) is 24.3 Å². The van der Waals surface area contributed by atoms with Crippen molar-refractivity contribution in [3.05, 3.63) is 53.1 Å². The number of carbonyl (C=O) groups excluding carboxylic acids is 3. The maximum atomic E-state index is 13.2. The Morgan fingerprint density at radius 3 is 2.08 bits per heavy atom. The van der Waals surface area contributed by atoms with Crippen molar-refractivity contribution in [3.63, 3.8) is 0 Å². The summed E-state index contributed by atoms with van der Waals surface area (Å²) in [5.41, 5.74) is 2.04. The van der Waals surface area contributed by atoms with Crippen molar-refractivity contribution in [1.82, 2.24) is 0 Å². The lowest BCUT2D eigenvalue weighted by Crippen LogP contribution is -2.36. The fourth-order valence-electron chi connectivity index (χ4n) is 5.31. The number of hydrogen-bond acceptors (Lipinski definition) is 11. The van der Waals surface area contributed by atoms with Gasteiger partial charge in [0, 0.05) is 29.6 Å². The zero-order valence-electron chi connectivity index (χ0n) is 21.2. The van der Waals surface area contributed by atoms with E-state index in [1.165, 1.54) is 28.4 Å². The minimum absolute atomic E-state index is 0.0360. The van der Waals surface area contributed by atoms with Crippen LogP contribution in [0.3, 0.4) is 0 Å². The SMILES string of the molecule is COC(=O)/C=C/C(=O)O[C@H]1c2cc3c(cc2[C@@H](c2cc(OC)c(OC)c(OC)c2)[C@@H]2C(=O)OC[C@@H]21)OCO3. The molecule has 4 atom stereocenters. The van der Waals surface area contributed by atoms with Crippen LogP contribution in [-0.2, 0) is 28.6 Å². The van der Waals surface area contributed by atoms with Crippen LogP contribution in [0.2, 0.25) is 0 Å².